The maximum atomic E-state index is 2.36. The molecule has 2 aromatic rings. The summed E-state index contributed by atoms with van der Waals surface area (Å²) in [5.41, 5.74) is 8.52. The summed E-state index contributed by atoms with van der Waals surface area (Å²) in [6.07, 6.45) is 9.14. The van der Waals surface area contributed by atoms with Gasteiger partial charge >= 0.3 is 0 Å². The molecule has 0 aromatic heterocycles. The van der Waals surface area contributed by atoms with E-state index in [-0.39, 0.29) is 26.2 Å². The van der Waals surface area contributed by atoms with Crippen molar-refractivity contribution in [1.82, 2.24) is 0 Å². The van der Waals surface area contributed by atoms with Crippen LogP contribution in [0.25, 0.3) is 12.2 Å². The van der Waals surface area contributed by atoms with E-state index >= 15 is 0 Å². The third-order valence-electron chi connectivity index (χ3n) is 3.95. The van der Waals surface area contributed by atoms with Crippen molar-refractivity contribution in [3.63, 3.8) is 0 Å². The molecule has 0 saturated heterocycles. The maximum absolute atomic E-state index is 2.36. The van der Waals surface area contributed by atoms with E-state index in [4.69, 9.17) is 0 Å². The molecule has 0 bridgehead atoms. The van der Waals surface area contributed by atoms with Crippen molar-refractivity contribution in [3.05, 3.63) is 88.4 Å². The van der Waals surface area contributed by atoms with Crippen molar-refractivity contribution in [2.75, 3.05) is 0 Å². The van der Waals surface area contributed by atoms with E-state index in [1.54, 1.807) is 0 Å². The third kappa shape index (κ3) is 2.48. The molecule has 0 amide bonds. The normalized spacial score (nSPS) is 14.8. The Morgan fingerprint density at radius 1 is 0.650 bits per heavy atom. The van der Waals surface area contributed by atoms with Crippen molar-refractivity contribution in [2.45, 2.75) is 12.8 Å². The molecular weight excluding hydrogens is 319 g/mol. The van der Waals surface area contributed by atoms with Crippen LogP contribution in [-0.2, 0) is 39.0 Å². The zero-order chi connectivity index (χ0) is 12.7. The molecule has 0 saturated carbocycles. The number of hydrogen-bond acceptors (Lipinski definition) is 0. The minimum atomic E-state index is 0. The van der Waals surface area contributed by atoms with Crippen LogP contribution in [-0.4, -0.2) is 0 Å². The van der Waals surface area contributed by atoms with Gasteiger partial charge in [0.2, 0.25) is 0 Å². The Hall–Kier alpha value is -1.33. The van der Waals surface area contributed by atoms with Crippen LogP contribution in [0.2, 0.25) is 0 Å². The average Bonchev–Trinajstić information content (AvgIpc) is 3.00. The van der Waals surface area contributed by atoms with Gasteiger partial charge in [-0.3, -0.25) is 0 Å². The van der Waals surface area contributed by atoms with E-state index in [0.717, 1.165) is 12.8 Å². The van der Waals surface area contributed by atoms with Crippen LogP contribution in [0.1, 0.15) is 22.3 Å². The molecule has 0 spiro atoms. The minimum absolute atomic E-state index is 0. The Kier molecular flexibility index (Phi) is 3.81. The second-order valence-electron chi connectivity index (χ2n) is 5.33. The predicted molar refractivity (Wildman–Crippen MR) is 80.5 cm³/mol. The first-order valence-corrected chi connectivity index (χ1v) is 6.80. The van der Waals surface area contributed by atoms with Gasteiger partial charge in [0.25, 0.3) is 0 Å². The van der Waals surface area contributed by atoms with E-state index in [0.29, 0.717) is 0 Å². The summed E-state index contributed by atoms with van der Waals surface area (Å²) in [5.74, 6) is 0. The zero-order valence-electron chi connectivity index (χ0n) is 11.3. The molecule has 0 heterocycles. The minimum Gasteiger partial charge on any atom is -0.163 e. The number of hydrogen-bond donors (Lipinski definition) is 0. The van der Waals surface area contributed by atoms with Gasteiger partial charge in [-0.1, -0.05) is 70.8 Å². The van der Waals surface area contributed by atoms with Crippen LogP contribution >= 0.6 is 0 Å². The zero-order valence-corrected chi connectivity index (χ0v) is 13.7. The molecule has 2 aliphatic rings. The summed E-state index contributed by atoms with van der Waals surface area (Å²) >= 11 is 0. The quantitative estimate of drug-likeness (QED) is 0.711. The SMILES string of the molecule is C1=C([CH-]C2=Cc3ccccc3C2)Cc2ccccc21.[Zr]. The molecule has 0 fully saturated rings. The van der Waals surface area contributed by atoms with Gasteiger partial charge < -0.3 is 0 Å². The average molecular weight is 335 g/mol. The fourth-order valence-corrected chi connectivity index (χ4v) is 3.04. The molecule has 0 aliphatic heterocycles. The van der Waals surface area contributed by atoms with E-state index in [1.807, 2.05) is 0 Å². The second kappa shape index (κ2) is 5.58. The van der Waals surface area contributed by atoms with Crippen molar-refractivity contribution in [1.29, 1.82) is 0 Å². The van der Waals surface area contributed by atoms with Gasteiger partial charge in [-0.05, 0) is 12.8 Å². The summed E-state index contributed by atoms with van der Waals surface area (Å²) in [7, 11) is 0. The molecule has 0 N–H and O–H groups in total. The number of rotatable bonds is 2. The molecule has 96 valence electrons. The summed E-state index contributed by atoms with van der Waals surface area (Å²) in [4.78, 5) is 0. The molecule has 0 nitrogen and oxygen atoms in total. The molecule has 2 aromatic carbocycles. The Morgan fingerprint density at radius 3 is 1.55 bits per heavy atom. The molecule has 4 rings (SSSR count). The Morgan fingerprint density at radius 2 is 1.10 bits per heavy atom. The number of benzene rings is 2. The molecule has 2 aliphatic carbocycles. The van der Waals surface area contributed by atoms with Crippen LogP contribution in [0.3, 0.4) is 0 Å². The molecule has 0 radical (unpaired) electrons. The Balaban J connectivity index is 0.00000121. The summed E-state index contributed by atoms with van der Waals surface area (Å²) < 4.78 is 0. The Labute approximate surface area is 139 Å². The van der Waals surface area contributed by atoms with Gasteiger partial charge in [-0.25, -0.2) is 0 Å². The first kappa shape index (κ1) is 13.6. The van der Waals surface area contributed by atoms with Crippen molar-refractivity contribution in [2.24, 2.45) is 0 Å². The van der Waals surface area contributed by atoms with Crippen molar-refractivity contribution in [3.8, 4) is 0 Å². The first-order valence-electron chi connectivity index (χ1n) is 6.80. The fourth-order valence-electron chi connectivity index (χ4n) is 3.04. The van der Waals surface area contributed by atoms with Gasteiger partial charge in [0.1, 0.15) is 0 Å². The van der Waals surface area contributed by atoms with Gasteiger partial charge in [-0.15, -0.1) is 12.2 Å². The van der Waals surface area contributed by atoms with Crippen LogP contribution in [0.5, 0.6) is 0 Å². The maximum Gasteiger partial charge on any atom is 0 e. The Bertz CT molecular complexity index is 646. The topological polar surface area (TPSA) is 0 Å². The van der Waals surface area contributed by atoms with E-state index in [9.17, 15) is 0 Å². The monoisotopic (exact) mass is 333 g/mol. The first-order chi connectivity index (χ1) is 9.38. The molecule has 0 unspecified atom stereocenters. The van der Waals surface area contributed by atoms with Gasteiger partial charge in [0, 0.05) is 26.2 Å². The molecular formula is C19H15Zr-. The van der Waals surface area contributed by atoms with E-state index in [1.165, 1.54) is 33.4 Å². The number of allylic oxidation sites excluding steroid dienone is 2. The number of fused-ring (bicyclic) bond motifs is 2. The summed E-state index contributed by atoms with van der Waals surface area (Å²) in [6, 6.07) is 17.3. The second-order valence-corrected chi connectivity index (χ2v) is 5.33. The molecule has 0 atom stereocenters. The van der Waals surface area contributed by atoms with Crippen molar-refractivity contribution >= 4 is 12.2 Å². The van der Waals surface area contributed by atoms with Crippen molar-refractivity contribution < 1.29 is 26.2 Å². The van der Waals surface area contributed by atoms with Crippen LogP contribution in [0, 0.1) is 6.42 Å². The predicted octanol–water partition coefficient (Wildman–Crippen LogP) is 4.47. The fraction of sp³-hybridized carbons (Fsp3) is 0.105. The van der Waals surface area contributed by atoms with Gasteiger partial charge in [0.05, 0.1) is 0 Å². The van der Waals surface area contributed by atoms with Gasteiger partial charge in [0.15, 0.2) is 0 Å². The molecule has 1 heteroatoms. The molecule has 20 heavy (non-hydrogen) atoms. The van der Waals surface area contributed by atoms with Gasteiger partial charge in [-0.2, -0.15) is 17.6 Å². The van der Waals surface area contributed by atoms with Crippen LogP contribution in [0.4, 0.5) is 0 Å². The van der Waals surface area contributed by atoms with E-state index < -0.39 is 0 Å². The standard InChI is InChI=1S/C19H15.Zr/c1-2-6-17-11-14(10-16(17)5-1)9-15-12-18-7-3-4-8-19(18)13-15;/h1-10,12H,11,13H2;/q-1;. The summed E-state index contributed by atoms with van der Waals surface area (Å²) in [6.45, 7) is 0. The van der Waals surface area contributed by atoms with E-state index in [2.05, 4.69) is 67.1 Å². The van der Waals surface area contributed by atoms with Crippen LogP contribution in [0.15, 0.2) is 59.7 Å². The smallest absolute Gasteiger partial charge is 0 e. The summed E-state index contributed by atoms with van der Waals surface area (Å²) in [5, 5.41) is 0. The largest absolute Gasteiger partial charge is 0.163 e. The van der Waals surface area contributed by atoms with Crippen LogP contribution < -0.4 is 0 Å². The third-order valence-corrected chi connectivity index (χ3v) is 3.95.